The fourth-order valence-corrected chi connectivity index (χ4v) is 5.41. The van der Waals surface area contributed by atoms with Crippen molar-refractivity contribution in [3.63, 3.8) is 0 Å². The molecule has 0 bridgehead atoms. The number of benzene rings is 4. The van der Waals surface area contributed by atoms with Gasteiger partial charge in [-0.15, -0.1) is 0 Å². The molecule has 5 heteroatoms. The van der Waals surface area contributed by atoms with E-state index in [0.717, 1.165) is 55.2 Å². The zero-order chi connectivity index (χ0) is 26.8. The maximum atomic E-state index is 6.28. The molecule has 0 radical (unpaired) electrons. The van der Waals surface area contributed by atoms with E-state index in [1.165, 1.54) is 5.39 Å². The fourth-order valence-electron chi connectivity index (χ4n) is 5.41. The number of hydrogen-bond acceptors (Lipinski definition) is 4. The maximum Gasteiger partial charge on any atom is 0.494 e. The van der Waals surface area contributed by atoms with Gasteiger partial charge in [0.1, 0.15) is 0 Å². The van der Waals surface area contributed by atoms with E-state index in [2.05, 4.69) is 107 Å². The second-order valence-electron chi connectivity index (χ2n) is 11.3. The van der Waals surface area contributed by atoms with Gasteiger partial charge in [-0.25, -0.2) is 9.97 Å². The Morgan fingerprint density at radius 2 is 1.18 bits per heavy atom. The molecule has 1 aliphatic rings. The summed E-state index contributed by atoms with van der Waals surface area (Å²) in [4.78, 5) is 10.2. The van der Waals surface area contributed by atoms with Crippen LogP contribution in [0.2, 0.25) is 0 Å². The predicted molar refractivity (Wildman–Crippen MR) is 161 cm³/mol. The summed E-state index contributed by atoms with van der Waals surface area (Å²) < 4.78 is 12.6. The smallest absolute Gasteiger partial charge is 0.399 e. The van der Waals surface area contributed by atoms with Crippen molar-refractivity contribution in [2.24, 2.45) is 0 Å². The first kappa shape index (κ1) is 24.0. The van der Waals surface area contributed by atoms with Gasteiger partial charge in [0.05, 0.1) is 33.6 Å². The van der Waals surface area contributed by atoms with Gasteiger partial charge in [-0.2, -0.15) is 0 Å². The normalized spacial score (nSPS) is 16.4. The van der Waals surface area contributed by atoms with Crippen LogP contribution in [0.3, 0.4) is 0 Å². The highest BCUT2D eigenvalue weighted by Gasteiger charge is 2.51. The minimum atomic E-state index is -0.396. The van der Waals surface area contributed by atoms with Crippen molar-refractivity contribution in [1.29, 1.82) is 0 Å². The molecule has 0 atom stereocenters. The molecule has 7 rings (SSSR count). The van der Waals surface area contributed by atoms with E-state index in [1.54, 1.807) is 0 Å². The van der Waals surface area contributed by atoms with Gasteiger partial charge in [-0.05, 0) is 62.8 Å². The van der Waals surface area contributed by atoms with Crippen LogP contribution in [0.5, 0.6) is 0 Å². The first-order valence-electron chi connectivity index (χ1n) is 13.4. The molecule has 0 spiro atoms. The Kier molecular flexibility index (Phi) is 5.38. The van der Waals surface area contributed by atoms with Crippen molar-refractivity contribution < 1.29 is 9.31 Å². The van der Waals surface area contributed by atoms with Crippen LogP contribution in [0.25, 0.3) is 55.1 Å². The molecule has 6 aromatic rings. The van der Waals surface area contributed by atoms with E-state index < -0.39 is 7.12 Å². The predicted octanol–water partition coefficient (Wildman–Crippen LogP) is 7.57. The molecule has 3 heterocycles. The summed E-state index contributed by atoms with van der Waals surface area (Å²) in [6.45, 7) is 8.31. The molecule has 39 heavy (non-hydrogen) atoms. The zero-order valence-corrected chi connectivity index (χ0v) is 22.6. The topological polar surface area (TPSA) is 44.2 Å². The van der Waals surface area contributed by atoms with Crippen LogP contribution in [0.4, 0.5) is 0 Å². The third-order valence-corrected chi connectivity index (χ3v) is 8.31. The summed E-state index contributed by atoms with van der Waals surface area (Å²) in [6, 6.07) is 35.7. The Morgan fingerprint density at radius 1 is 0.538 bits per heavy atom. The monoisotopic (exact) mass is 508 g/mol. The quantitative estimate of drug-likeness (QED) is 0.183. The first-order chi connectivity index (χ1) is 18.8. The third kappa shape index (κ3) is 3.92. The van der Waals surface area contributed by atoms with Crippen molar-refractivity contribution in [2.45, 2.75) is 38.9 Å². The highest BCUT2D eigenvalue weighted by Crippen LogP contribution is 2.39. The fraction of sp³-hybridized carbons (Fsp3) is 0.176. The van der Waals surface area contributed by atoms with Gasteiger partial charge in [-0.3, -0.25) is 0 Å². The van der Waals surface area contributed by atoms with Gasteiger partial charge in [0, 0.05) is 27.3 Å². The number of rotatable bonds is 3. The Bertz CT molecular complexity index is 1850. The Hall–Kier alpha value is -4.06. The summed E-state index contributed by atoms with van der Waals surface area (Å²) in [7, 11) is -0.396. The second-order valence-corrected chi connectivity index (χ2v) is 11.3. The van der Waals surface area contributed by atoms with Gasteiger partial charge in [0.15, 0.2) is 0 Å². The van der Waals surface area contributed by atoms with Gasteiger partial charge in [-0.1, -0.05) is 78.9 Å². The molecule has 0 unspecified atom stereocenters. The van der Waals surface area contributed by atoms with Crippen molar-refractivity contribution in [3.05, 3.63) is 103 Å². The number of aromatic nitrogens is 2. The highest BCUT2D eigenvalue weighted by molar-refractivity contribution is 6.62. The average molecular weight is 508 g/mol. The lowest BCUT2D eigenvalue weighted by Crippen LogP contribution is -2.41. The van der Waals surface area contributed by atoms with Crippen molar-refractivity contribution >= 4 is 45.2 Å². The van der Waals surface area contributed by atoms with Crippen LogP contribution in [0, 0.1) is 0 Å². The number of hydrogen-bond donors (Lipinski definition) is 0. The summed E-state index contributed by atoms with van der Waals surface area (Å²) in [5.41, 5.74) is 6.24. The Balaban J connectivity index is 1.40. The third-order valence-electron chi connectivity index (χ3n) is 8.31. The summed E-state index contributed by atoms with van der Waals surface area (Å²) in [5.74, 6) is 0. The van der Waals surface area contributed by atoms with Gasteiger partial charge >= 0.3 is 7.12 Å². The molecule has 1 fully saturated rings. The molecule has 190 valence electrons. The minimum Gasteiger partial charge on any atom is -0.399 e. The second kappa shape index (κ2) is 8.73. The van der Waals surface area contributed by atoms with Crippen LogP contribution in [-0.4, -0.2) is 28.3 Å². The van der Waals surface area contributed by atoms with Crippen LogP contribution in [0.1, 0.15) is 27.7 Å². The highest BCUT2D eigenvalue weighted by atomic mass is 16.7. The van der Waals surface area contributed by atoms with Crippen LogP contribution in [0.15, 0.2) is 103 Å². The molecular weight excluding hydrogens is 479 g/mol. The lowest BCUT2D eigenvalue weighted by atomic mass is 9.78. The molecule has 0 N–H and O–H groups in total. The number of para-hydroxylation sites is 1. The van der Waals surface area contributed by atoms with Crippen molar-refractivity contribution in [2.75, 3.05) is 0 Å². The van der Waals surface area contributed by atoms with E-state index in [4.69, 9.17) is 19.3 Å². The van der Waals surface area contributed by atoms with Gasteiger partial charge < -0.3 is 9.31 Å². The van der Waals surface area contributed by atoms with E-state index in [0.29, 0.717) is 0 Å². The maximum absolute atomic E-state index is 6.28. The van der Waals surface area contributed by atoms with Crippen LogP contribution < -0.4 is 5.46 Å². The molecule has 1 saturated heterocycles. The molecule has 0 amide bonds. The van der Waals surface area contributed by atoms with Gasteiger partial charge in [0.2, 0.25) is 0 Å². The minimum absolute atomic E-state index is 0.378. The lowest BCUT2D eigenvalue weighted by molar-refractivity contribution is 0.00578. The Labute approximate surface area is 228 Å². The SMILES string of the molecule is CC1(C)OB(c2ccc(-c3nc4ccccc4c4ccc5nc(-c6ccccc6)ccc5c34)cc2)OC1(C)C. The average Bonchev–Trinajstić information content (AvgIpc) is 3.18. The summed E-state index contributed by atoms with van der Waals surface area (Å²) in [5, 5.41) is 4.52. The first-order valence-corrected chi connectivity index (χ1v) is 13.4. The van der Waals surface area contributed by atoms with E-state index in [-0.39, 0.29) is 11.2 Å². The number of fused-ring (bicyclic) bond motifs is 5. The molecule has 4 nitrogen and oxygen atoms in total. The molecular formula is C34H29BN2O2. The van der Waals surface area contributed by atoms with Crippen LogP contribution in [-0.2, 0) is 9.31 Å². The Morgan fingerprint density at radius 3 is 1.92 bits per heavy atom. The number of nitrogens with zero attached hydrogens (tertiary/aromatic N) is 2. The summed E-state index contributed by atoms with van der Waals surface area (Å²) in [6.07, 6.45) is 0. The molecule has 0 aliphatic carbocycles. The molecule has 2 aromatic heterocycles. The lowest BCUT2D eigenvalue weighted by Gasteiger charge is -2.32. The van der Waals surface area contributed by atoms with Crippen LogP contribution >= 0.6 is 0 Å². The van der Waals surface area contributed by atoms with Gasteiger partial charge in [0.25, 0.3) is 0 Å². The molecule has 1 aliphatic heterocycles. The van der Waals surface area contributed by atoms with E-state index >= 15 is 0 Å². The number of pyridine rings is 2. The summed E-state index contributed by atoms with van der Waals surface area (Å²) >= 11 is 0. The largest absolute Gasteiger partial charge is 0.494 e. The van der Waals surface area contributed by atoms with Crippen molar-refractivity contribution in [1.82, 2.24) is 9.97 Å². The standard InChI is InChI=1S/C34H29BN2O2/c1-33(2)34(3,4)39-35(38-33)24-16-14-23(15-17-24)32-31-26(25-12-8-9-13-29(25)37-32)18-21-30-27(31)19-20-28(36-30)22-10-6-5-7-11-22/h5-21H,1-4H3. The zero-order valence-electron chi connectivity index (χ0n) is 22.6. The van der Waals surface area contributed by atoms with E-state index in [1.807, 2.05) is 24.3 Å². The molecule has 0 saturated carbocycles. The van der Waals surface area contributed by atoms with Crippen molar-refractivity contribution in [3.8, 4) is 22.5 Å². The molecule has 4 aromatic carbocycles. The van der Waals surface area contributed by atoms with E-state index in [9.17, 15) is 0 Å².